The summed E-state index contributed by atoms with van der Waals surface area (Å²) in [5, 5.41) is 7.73. The first-order valence-electron chi connectivity index (χ1n) is 7.76. The van der Waals surface area contributed by atoms with Crippen LogP contribution in [-0.4, -0.2) is 26.5 Å². The van der Waals surface area contributed by atoms with Gasteiger partial charge in [0.1, 0.15) is 22.9 Å². The van der Waals surface area contributed by atoms with Crippen molar-refractivity contribution >= 4 is 27.3 Å². The molecule has 9 heteroatoms. The van der Waals surface area contributed by atoms with E-state index >= 15 is 0 Å². The van der Waals surface area contributed by atoms with E-state index in [4.69, 9.17) is 14.6 Å². The third kappa shape index (κ3) is 4.51. The number of rotatable bonds is 6. The number of thiazole rings is 1. The number of hydrogen-bond acceptors (Lipinski definition) is 7. The lowest BCUT2D eigenvalue weighted by Crippen LogP contribution is -2.14. The smallest absolute Gasteiger partial charge is 0.342 e. The first-order chi connectivity index (χ1) is 12.9. The quantitative estimate of drug-likeness (QED) is 0.633. The second-order valence-electron chi connectivity index (χ2n) is 5.49. The van der Waals surface area contributed by atoms with Crippen LogP contribution in [0.4, 0.5) is 0 Å². The number of primary sulfonamides is 1. The average molecular weight is 404 g/mol. The van der Waals surface area contributed by atoms with Crippen LogP contribution in [0, 0.1) is 0 Å². The van der Waals surface area contributed by atoms with Crippen molar-refractivity contribution in [1.29, 1.82) is 0 Å². The molecule has 3 aromatic rings. The zero-order valence-electron chi connectivity index (χ0n) is 14.3. The number of esters is 1. The minimum Gasteiger partial charge on any atom is -0.496 e. The van der Waals surface area contributed by atoms with E-state index in [0.717, 1.165) is 16.6 Å². The van der Waals surface area contributed by atoms with Crippen molar-refractivity contribution in [3.8, 4) is 16.3 Å². The van der Waals surface area contributed by atoms with Crippen molar-refractivity contribution in [2.45, 2.75) is 11.5 Å². The highest BCUT2D eigenvalue weighted by Crippen LogP contribution is 2.25. The Kier molecular flexibility index (Phi) is 5.54. The molecule has 0 aliphatic carbocycles. The zero-order valence-corrected chi connectivity index (χ0v) is 15.9. The molecule has 0 saturated carbocycles. The molecule has 140 valence electrons. The minimum absolute atomic E-state index is 0.0254. The van der Waals surface area contributed by atoms with Gasteiger partial charge in [-0.25, -0.2) is 23.3 Å². The van der Waals surface area contributed by atoms with Crippen molar-refractivity contribution < 1.29 is 22.7 Å². The first-order valence-corrected chi connectivity index (χ1v) is 10.2. The summed E-state index contributed by atoms with van der Waals surface area (Å²) in [7, 11) is -2.58. The SMILES string of the molecule is COc1ccc(S(N)(=O)=O)cc1C(=O)OCc1csc(-c2ccccc2)n1. The van der Waals surface area contributed by atoms with Crippen molar-refractivity contribution in [3.63, 3.8) is 0 Å². The topological polar surface area (TPSA) is 109 Å². The number of sulfonamides is 1. The Morgan fingerprint density at radius 2 is 1.93 bits per heavy atom. The molecule has 0 radical (unpaired) electrons. The molecule has 0 unspecified atom stereocenters. The molecule has 3 rings (SSSR count). The Morgan fingerprint density at radius 1 is 1.19 bits per heavy atom. The molecular weight excluding hydrogens is 388 g/mol. The van der Waals surface area contributed by atoms with Gasteiger partial charge in [0.05, 0.1) is 17.7 Å². The van der Waals surface area contributed by atoms with E-state index in [0.29, 0.717) is 5.69 Å². The lowest BCUT2D eigenvalue weighted by atomic mass is 10.2. The van der Waals surface area contributed by atoms with Gasteiger partial charge in [-0.15, -0.1) is 11.3 Å². The predicted molar refractivity (Wildman–Crippen MR) is 101 cm³/mol. The molecule has 0 fully saturated rings. The number of benzene rings is 2. The van der Waals surface area contributed by atoms with Crippen LogP contribution in [0.5, 0.6) is 5.75 Å². The van der Waals surface area contributed by atoms with E-state index in [1.807, 2.05) is 30.3 Å². The zero-order chi connectivity index (χ0) is 19.4. The predicted octanol–water partition coefficient (Wildman–Crippen LogP) is 2.82. The molecule has 0 spiro atoms. The lowest BCUT2D eigenvalue weighted by Gasteiger charge is -2.09. The fraction of sp³-hybridized carbons (Fsp3) is 0.111. The molecule has 0 amide bonds. The van der Waals surface area contributed by atoms with Gasteiger partial charge in [0.15, 0.2) is 0 Å². The molecular formula is C18H16N2O5S2. The summed E-state index contributed by atoms with van der Waals surface area (Å²) in [5.41, 5.74) is 1.54. The van der Waals surface area contributed by atoms with Crippen LogP contribution in [0.3, 0.4) is 0 Å². The van der Waals surface area contributed by atoms with Gasteiger partial charge in [-0.2, -0.15) is 0 Å². The Labute approximate surface area is 160 Å². The van der Waals surface area contributed by atoms with Crippen LogP contribution in [0.2, 0.25) is 0 Å². The molecule has 0 aliphatic heterocycles. The molecule has 2 aromatic carbocycles. The summed E-state index contributed by atoms with van der Waals surface area (Å²) < 4.78 is 33.4. The van der Waals surface area contributed by atoms with E-state index < -0.39 is 16.0 Å². The Bertz CT molecular complexity index is 1060. The molecule has 0 atom stereocenters. The van der Waals surface area contributed by atoms with Gasteiger partial charge in [0.25, 0.3) is 0 Å². The maximum atomic E-state index is 12.4. The van der Waals surface area contributed by atoms with Gasteiger partial charge in [-0.3, -0.25) is 0 Å². The molecule has 0 aliphatic rings. The number of ether oxygens (including phenoxy) is 2. The number of methoxy groups -OCH3 is 1. The number of nitrogens with two attached hydrogens (primary N) is 1. The summed E-state index contributed by atoms with van der Waals surface area (Å²) in [6.45, 7) is -0.0507. The van der Waals surface area contributed by atoms with Crippen LogP contribution >= 0.6 is 11.3 Å². The lowest BCUT2D eigenvalue weighted by molar-refractivity contribution is 0.0464. The molecule has 1 aromatic heterocycles. The highest BCUT2D eigenvalue weighted by Gasteiger charge is 2.19. The van der Waals surface area contributed by atoms with E-state index in [-0.39, 0.29) is 22.8 Å². The third-order valence-electron chi connectivity index (χ3n) is 3.64. The van der Waals surface area contributed by atoms with Crippen LogP contribution < -0.4 is 9.88 Å². The van der Waals surface area contributed by atoms with Crippen molar-refractivity contribution in [2.24, 2.45) is 5.14 Å². The molecule has 0 bridgehead atoms. The number of carbonyl (C=O) groups is 1. The second-order valence-corrected chi connectivity index (χ2v) is 7.91. The monoisotopic (exact) mass is 404 g/mol. The Morgan fingerprint density at radius 3 is 2.59 bits per heavy atom. The van der Waals surface area contributed by atoms with Gasteiger partial charge >= 0.3 is 5.97 Å². The Hall–Kier alpha value is -2.75. The van der Waals surface area contributed by atoms with Crippen LogP contribution in [-0.2, 0) is 21.4 Å². The number of carbonyl (C=O) groups excluding carboxylic acids is 1. The average Bonchev–Trinajstić information content (AvgIpc) is 3.14. The third-order valence-corrected chi connectivity index (χ3v) is 5.49. The number of hydrogen-bond donors (Lipinski definition) is 1. The fourth-order valence-corrected chi connectivity index (χ4v) is 3.68. The first kappa shape index (κ1) is 19.0. The van der Waals surface area contributed by atoms with Crippen LogP contribution in [0.15, 0.2) is 58.8 Å². The maximum absolute atomic E-state index is 12.4. The summed E-state index contributed by atoms with van der Waals surface area (Å²) in [5.74, 6) is -0.540. The molecule has 27 heavy (non-hydrogen) atoms. The summed E-state index contributed by atoms with van der Waals surface area (Å²) in [6, 6.07) is 13.4. The van der Waals surface area contributed by atoms with Crippen molar-refractivity contribution in [1.82, 2.24) is 4.98 Å². The van der Waals surface area contributed by atoms with Gasteiger partial charge in [0.2, 0.25) is 10.0 Å². The molecule has 7 nitrogen and oxygen atoms in total. The summed E-state index contributed by atoms with van der Waals surface area (Å²) in [4.78, 5) is 16.6. The van der Waals surface area contributed by atoms with E-state index in [2.05, 4.69) is 4.98 Å². The van der Waals surface area contributed by atoms with Crippen LogP contribution in [0.1, 0.15) is 16.1 Å². The van der Waals surface area contributed by atoms with Gasteiger partial charge in [0, 0.05) is 10.9 Å². The second kappa shape index (κ2) is 7.87. The molecule has 2 N–H and O–H groups in total. The normalized spacial score (nSPS) is 11.2. The fourth-order valence-electron chi connectivity index (χ4n) is 2.33. The standard InChI is InChI=1S/C18H16N2O5S2/c1-24-16-8-7-14(27(19,22)23)9-15(16)18(21)25-10-13-11-26-17(20-13)12-5-3-2-4-6-12/h2-9,11H,10H2,1H3,(H2,19,22,23). The number of aromatic nitrogens is 1. The minimum atomic E-state index is -3.95. The summed E-state index contributed by atoms with van der Waals surface area (Å²) in [6.07, 6.45) is 0. The highest BCUT2D eigenvalue weighted by atomic mass is 32.2. The van der Waals surface area contributed by atoms with Gasteiger partial charge in [-0.05, 0) is 18.2 Å². The molecule has 0 saturated heterocycles. The van der Waals surface area contributed by atoms with E-state index in [9.17, 15) is 13.2 Å². The van der Waals surface area contributed by atoms with Gasteiger partial charge < -0.3 is 9.47 Å². The Balaban J connectivity index is 1.76. The highest BCUT2D eigenvalue weighted by molar-refractivity contribution is 7.89. The van der Waals surface area contributed by atoms with Crippen molar-refractivity contribution in [3.05, 3.63) is 65.2 Å². The number of nitrogens with zero attached hydrogens (tertiary/aromatic N) is 1. The van der Waals surface area contributed by atoms with E-state index in [1.54, 1.807) is 5.38 Å². The summed E-state index contributed by atoms with van der Waals surface area (Å²) >= 11 is 1.44. The van der Waals surface area contributed by atoms with Crippen LogP contribution in [0.25, 0.3) is 10.6 Å². The largest absolute Gasteiger partial charge is 0.496 e. The van der Waals surface area contributed by atoms with Gasteiger partial charge in [-0.1, -0.05) is 30.3 Å². The van der Waals surface area contributed by atoms with E-state index in [1.165, 1.54) is 30.6 Å². The molecule has 1 heterocycles. The maximum Gasteiger partial charge on any atom is 0.342 e. The van der Waals surface area contributed by atoms with Crippen molar-refractivity contribution in [2.75, 3.05) is 7.11 Å².